The SMILES string of the molecule is C[C@H]1CC2C[C@@H](O)C=C[C@]2(C)[C@H]2CC[C@]3(C)[C@@H](O)C=C[C@H]3[C@H]12. The second-order valence-corrected chi connectivity index (χ2v) is 9.02. The molecule has 0 saturated heterocycles. The molecular weight excluding hydrogens is 272 g/mol. The summed E-state index contributed by atoms with van der Waals surface area (Å²) in [6, 6.07) is 0. The summed E-state index contributed by atoms with van der Waals surface area (Å²) in [4.78, 5) is 0. The lowest BCUT2D eigenvalue weighted by atomic mass is 9.44. The van der Waals surface area contributed by atoms with E-state index >= 15 is 0 Å². The number of fused-ring (bicyclic) bond motifs is 5. The highest BCUT2D eigenvalue weighted by atomic mass is 16.3. The van der Waals surface area contributed by atoms with Gasteiger partial charge in [0, 0.05) is 5.41 Å². The van der Waals surface area contributed by atoms with Gasteiger partial charge in [-0.25, -0.2) is 0 Å². The number of aliphatic hydroxyl groups is 2. The maximum atomic E-state index is 10.5. The molecule has 0 heterocycles. The van der Waals surface area contributed by atoms with Crippen molar-refractivity contribution >= 4 is 0 Å². The normalized spacial score (nSPS) is 59.8. The Labute approximate surface area is 134 Å². The van der Waals surface area contributed by atoms with Gasteiger partial charge in [-0.2, -0.15) is 0 Å². The lowest BCUT2D eigenvalue weighted by Crippen LogP contribution is -2.55. The Balaban J connectivity index is 1.73. The van der Waals surface area contributed by atoms with Crippen molar-refractivity contribution in [3.05, 3.63) is 24.3 Å². The van der Waals surface area contributed by atoms with Crippen LogP contribution in [-0.4, -0.2) is 22.4 Å². The fraction of sp³-hybridized carbons (Fsp3) is 0.800. The zero-order valence-corrected chi connectivity index (χ0v) is 14.1. The lowest BCUT2D eigenvalue weighted by Gasteiger charge is -2.61. The van der Waals surface area contributed by atoms with Crippen LogP contribution in [0.3, 0.4) is 0 Å². The van der Waals surface area contributed by atoms with Gasteiger partial charge in [-0.3, -0.25) is 0 Å². The van der Waals surface area contributed by atoms with E-state index in [1.807, 2.05) is 6.08 Å². The van der Waals surface area contributed by atoms with Crippen LogP contribution in [0.5, 0.6) is 0 Å². The van der Waals surface area contributed by atoms with Gasteiger partial charge in [0.25, 0.3) is 0 Å². The van der Waals surface area contributed by atoms with Crippen LogP contribution in [0.4, 0.5) is 0 Å². The first-order valence-corrected chi connectivity index (χ1v) is 9.10. The molecule has 2 fully saturated rings. The highest BCUT2D eigenvalue weighted by molar-refractivity contribution is 5.23. The standard InChI is InChI=1S/C20H30O2/c1-12-10-13-11-14(21)6-8-19(13,2)16-7-9-20(3)15(18(12)16)4-5-17(20)22/h4-6,8,12-18,21-22H,7,9-11H2,1-3H3/t12-,13?,14-,15-,16-,17-,18-,19-,20-/m0/s1. The Kier molecular flexibility index (Phi) is 3.20. The molecule has 2 N–H and O–H groups in total. The van der Waals surface area contributed by atoms with Crippen molar-refractivity contribution in [2.24, 2.45) is 40.4 Å². The van der Waals surface area contributed by atoms with Gasteiger partial charge in [0.2, 0.25) is 0 Å². The van der Waals surface area contributed by atoms with E-state index in [4.69, 9.17) is 0 Å². The third kappa shape index (κ3) is 1.80. The molecule has 0 spiro atoms. The van der Waals surface area contributed by atoms with Gasteiger partial charge in [0.05, 0.1) is 12.2 Å². The van der Waals surface area contributed by atoms with Gasteiger partial charge in [-0.15, -0.1) is 0 Å². The first kappa shape index (κ1) is 15.0. The van der Waals surface area contributed by atoms with Crippen LogP contribution >= 0.6 is 0 Å². The Bertz CT molecular complexity index is 524. The Hall–Kier alpha value is -0.600. The molecule has 0 aromatic carbocycles. The summed E-state index contributed by atoms with van der Waals surface area (Å²) in [5.74, 6) is 3.19. The Morgan fingerprint density at radius 2 is 1.82 bits per heavy atom. The average molecular weight is 302 g/mol. The molecule has 4 aliphatic carbocycles. The molecule has 0 aromatic heterocycles. The van der Waals surface area contributed by atoms with Crippen LogP contribution in [0.1, 0.15) is 46.5 Å². The van der Waals surface area contributed by atoms with Crippen LogP contribution in [-0.2, 0) is 0 Å². The maximum Gasteiger partial charge on any atom is 0.0780 e. The number of allylic oxidation sites excluding steroid dienone is 2. The topological polar surface area (TPSA) is 40.5 Å². The average Bonchev–Trinajstić information content (AvgIpc) is 2.77. The van der Waals surface area contributed by atoms with Crippen LogP contribution in [0.25, 0.3) is 0 Å². The van der Waals surface area contributed by atoms with Crippen LogP contribution in [0, 0.1) is 40.4 Å². The second-order valence-electron chi connectivity index (χ2n) is 9.02. The van der Waals surface area contributed by atoms with Gasteiger partial charge in [-0.05, 0) is 60.7 Å². The van der Waals surface area contributed by atoms with Crippen LogP contribution in [0.15, 0.2) is 24.3 Å². The molecule has 1 unspecified atom stereocenters. The van der Waals surface area contributed by atoms with Gasteiger partial charge in [-0.1, -0.05) is 45.1 Å². The molecule has 4 aliphatic rings. The summed E-state index contributed by atoms with van der Waals surface area (Å²) >= 11 is 0. The third-order valence-corrected chi connectivity index (χ3v) is 8.01. The molecule has 0 amide bonds. The number of hydrogen-bond donors (Lipinski definition) is 2. The van der Waals surface area contributed by atoms with Gasteiger partial charge in [0.1, 0.15) is 0 Å². The molecule has 2 saturated carbocycles. The number of aliphatic hydroxyl groups excluding tert-OH is 2. The molecule has 22 heavy (non-hydrogen) atoms. The highest BCUT2D eigenvalue weighted by Gasteiger charge is 2.59. The van der Waals surface area contributed by atoms with Crippen molar-refractivity contribution in [3.63, 3.8) is 0 Å². The van der Waals surface area contributed by atoms with Gasteiger partial charge in [0.15, 0.2) is 0 Å². The third-order valence-electron chi connectivity index (χ3n) is 8.01. The molecule has 4 rings (SSSR count). The molecule has 0 bridgehead atoms. The number of hydrogen-bond acceptors (Lipinski definition) is 2. The van der Waals surface area contributed by atoms with Crippen molar-refractivity contribution < 1.29 is 10.2 Å². The summed E-state index contributed by atoms with van der Waals surface area (Å²) in [5, 5.41) is 20.5. The first-order chi connectivity index (χ1) is 10.4. The maximum absolute atomic E-state index is 10.5. The smallest absolute Gasteiger partial charge is 0.0780 e. The summed E-state index contributed by atoms with van der Waals surface area (Å²) in [6.07, 6.45) is 12.7. The summed E-state index contributed by atoms with van der Waals surface area (Å²) in [7, 11) is 0. The molecule has 9 atom stereocenters. The summed E-state index contributed by atoms with van der Waals surface area (Å²) < 4.78 is 0. The zero-order valence-electron chi connectivity index (χ0n) is 14.1. The Morgan fingerprint density at radius 1 is 1.05 bits per heavy atom. The fourth-order valence-electron chi connectivity index (χ4n) is 6.59. The van der Waals surface area contributed by atoms with E-state index in [-0.39, 0.29) is 23.0 Å². The molecule has 2 heteroatoms. The van der Waals surface area contributed by atoms with E-state index < -0.39 is 0 Å². The van der Waals surface area contributed by atoms with E-state index in [1.165, 1.54) is 12.8 Å². The minimum absolute atomic E-state index is 0.0521. The van der Waals surface area contributed by atoms with Crippen LogP contribution in [0.2, 0.25) is 0 Å². The molecule has 0 aromatic rings. The molecule has 0 radical (unpaired) electrons. The Morgan fingerprint density at radius 3 is 2.59 bits per heavy atom. The van der Waals surface area contributed by atoms with Crippen molar-refractivity contribution in [1.29, 1.82) is 0 Å². The molecule has 2 nitrogen and oxygen atoms in total. The van der Waals surface area contributed by atoms with E-state index in [0.717, 1.165) is 12.8 Å². The van der Waals surface area contributed by atoms with Gasteiger partial charge < -0.3 is 10.2 Å². The van der Waals surface area contributed by atoms with Crippen molar-refractivity contribution in [1.82, 2.24) is 0 Å². The fourth-order valence-corrected chi connectivity index (χ4v) is 6.59. The van der Waals surface area contributed by atoms with E-state index in [1.54, 1.807) is 0 Å². The number of rotatable bonds is 0. The largest absolute Gasteiger partial charge is 0.389 e. The molecular formula is C20H30O2. The monoisotopic (exact) mass is 302 g/mol. The van der Waals surface area contributed by atoms with E-state index in [9.17, 15) is 10.2 Å². The molecule has 0 aliphatic heterocycles. The van der Waals surface area contributed by atoms with Crippen molar-refractivity contribution in [2.75, 3.05) is 0 Å². The van der Waals surface area contributed by atoms with E-state index in [0.29, 0.717) is 29.6 Å². The lowest BCUT2D eigenvalue weighted by molar-refractivity contribution is -0.114. The second kappa shape index (κ2) is 4.70. The summed E-state index contributed by atoms with van der Waals surface area (Å²) in [6.45, 7) is 7.13. The zero-order chi connectivity index (χ0) is 15.7. The van der Waals surface area contributed by atoms with Gasteiger partial charge >= 0.3 is 0 Å². The molecule has 122 valence electrons. The minimum Gasteiger partial charge on any atom is -0.389 e. The van der Waals surface area contributed by atoms with Crippen molar-refractivity contribution in [3.8, 4) is 0 Å². The first-order valence-electron chi connectivity index (χ1n) is 9.10. The minimum atomic E-state index is -0.264. The highest BCUT2D eigenvalue weighted by Crippen LogP contribution is 2.65. The van der Waals surface area contributed by atoms with E-state index in [2.05, 4.69) is 39.0 Å². The quantitative estimate of drug-likeness (QED) is 0.672. The predicted molar refractivity (Wildman–Crippen MR) is 88.1 cm³/mol. The van der Waals surface area contributed by atoms with Crippen molar-refractivity contribution in [2.45, 2.75) is 58.7 Å². The summed E-state index contributed by atoms with van der Waals surface area (Å²) in [5.41, 5.74) is 0.287. The van der Waals surface area contributed by atoms with Crippen LogP contribution < -0.4 is 0 Å². The predicted octanol–water partition coefficient (Wildman–Crippen LogP) is 3.55.